The first kappa shape index (κ1) is 14.9. The second-order valence-electron chi connectivity index (χ2n) is 4.39. The van der Waals surface area contributed by atoms with Gasteiger partial charge in [0, 0.05) is 27.1 Å². The van der Waals surface area contributed by atoms with Gasteiger partial charge < -0.3 is 5.32 Å². The molecule has 2 rings (SSSR count). The van der Waals surface area contributed by atoms with Gasteiger partial charge in [0.15, 0.2) is 0 Å². The molecule has 0 aromatic heterocycles. The third kappa shape index (κ3) is 4.22. The molecule has 1 N–H and O–H groups in total. The summed E-state index contributed by atoms with van der Waals surface area (Å²) < 4.78 is 1.06. The average Bonchev–Trinajstić information content (AvgIpc) is 2.39. The van der Waals surface area contributed by atoms with E-state index in [1.165, 1.54) is 5.56 Å². The quantitative estimate of drug-likeness (QED) is 0.749. The van der Waals surface area contributed by atoms with Crippen LogP contribution >= 0.6 is 39.1 Å². The van der Waals surface area contributed by atoms with Gasteiger partial charge in [0.25, 0.3) is 0 Å². The lowest BCUT2D eigenvalue weighted by Crippen LogP contribution is -2.18. The summed E-state index contributed by atoms with van der Waals surface area (Å²) in [5.74, 6) is 0. The Hall–Kier alpha value is -0.540. The molecule has 0 aliphatic heterocycles. The summed E-state index contributed by atoms with van der Waals surface area (Å²) in [6.45, 7) is 2.86. The highest BCUT2D eigenvalue weighted by atomic mass is 79.9. The van der Waals surface area contributed by atoms with Gasteiger partial charge in [-0.05, 0) is 48.4 Å². The van der Waals surface area contributed by atoms with Crippen molar-refractivity contribution in [3.05, 3.63) is 68.1 Å². The molecule has 1 atom stereocenters. The lowest BCUT2D eigenvalue weighted by atomic mass is 10.1. The number of benzene rings is 2. The van der Waals surface area contributed by atoms with E-state index in [1.54, 1.807) is 0 Å². The van der Waals surface area contributed by atoms with E-state index in [0.29, 0.717) is 0 Å². The van der Waals surface area contributed by atoms with E-state index in [9.17, 15) is 0 Å². The van der Waals surface area contributed by atoms with Gasteiger partial charge in [0.2, 0.25) is 0 Å². The zero-order valence-corrected chi connectivity index (χ0v) is 13.6. The van der Waals surface area contributed by atoms with Gasteiger partial charge in [0.05, 0.1) is 0 Å². The minimum atomic E-state index is 0.226. The van der Waals surface area contributed by atoms with Crippen molar-refractivity contribution in [3.8, 4) is 0 Å². The minimum absolute atomic E-state index is 0.226. The Morgan fingerprint density at radius 1 is 1.11 bits per heavy atom. The summed E-state index contributed by atoms with van der Waals surface area (Å²) in [7, 11) is 0. The van der Waals surface area contributed by atoms with Gasteiger partial charge in [-0.25, -0.2) is 0 Å². The second-order valence-corrected chi connectivity index (χ2v) is 6.12. The number of rotatable bonds is 4. The molecule has 0 spiro atoms. The standard InChI is InChI=1S/C15H14BrCl2N/c1-10(11-3-2-4-13(17)7-11)19-9-12-8-14(18)5-6-15(12)16/h2-8,10,19H,9H2,1H3/t10-/m1/s1. The fourth-order valence-corrected chi connectivity index (χ4v) is 2.62. The van der Waals surface area contributed by atoms with Gasteiger partial charge >= 0.3 is 0 Å². The van der Waals surface area contributed by atoms with E-state index in [-0.39, 0.29) is 6.04 Å². The zero-order valence-electron chi connectivity index (χ0n) is 10.5. The fraction of sp³-hybridized carbons (Fsp3) is 0.200. The van der Waals surface area contributed by atoms with Crippen LogP contribution in [0, 0.1) is 0 Å². The van der Waals surface area contributed by atoms with Crippen molar-refractivity contribution in [2.75, 3.05) is 0 Å². The Morgan fingerprint density at radius 2 is 1.84 bits per heavy atom. The van der Waals surface area contributed by atoms with Crippen LogP contribution in [0.4, 0.5) is 0 Å². The van der Waals surface area contributed by atoms with Crippen LogP contribution in [0.15, 0.2) is 46.9 Å². The predicted molar refractivity (Wildman–Crippen MR) is 85.9 cm³/mol. The van der Waals surface area contributed by atoms with Gasteiger partial charge in [-0.3, -0.25) is 0 Å². The molecule has 0 amide bonds. The van der Waals surface area contributed by atoms with Crippen LogP contribution in [-0.4, -0.2) is 0 Å². The van der Waals surface area contributed by atoms with Crippen molar-refractivity contribution in [2.24, 2.45) is 0 Å². The third-order valence-corrected chi connectivity index (χ3v) is 4.20. The van der Waals surface area contributed by atoms with Crippen LogP contribution in [0.5, 0.6) is 0 Å². The number of hydrogen-bond donors (Lipinski definition) is 1. The van der Waals surface area contributed by atoms with E-state index in [1.807, 2.05) is 36.4 Å². The maximum Gasteiger partial charge on any atom is 0.0410 e. The summed E-state index contributed by atoms with van der Waals surface area (Å²) in [4.78, 5) is 0. The molecule has 0 unspecified atom stereocenters. The van der Waals surface area contributed by atoms with Crippen LogP contribution in [-0.2, 0) is 6.54 Å². The van der Waals surface area contributed by atoms with E-state index >= 15 is 0 Å². The van der Waals surface area contributed by atoms with Crippen LogP contribution in [0.3, 0.4) is 0 Å². The van der Waals surface area contributed by atoms with Gasteiger partial charge in [-0.2, -0.15) is 0 Å². The Bertz CT molecular complexity index is 572. The first-order valence-corrected chi connectivity index (χ1v) is 7.54. The average molecular weight is 359 g/mol. The summed E-state index contributed by atoms with van der Waals surface area (Å²) in [5.41, 5.74) is 2.31. The predicted octanol–water partition coefficient (Wildman–Crippen LogP) is 5.61. The van der Waals surface area contributed by atoms with Gasteiger partial charge in [-0.15, -0.1) is 0 Å². The Labute approximate surface area is 132 Å². The SMILES string of the molecule is C[C@@H](NCc1cc(Cl)ccc1Br)c1cccc(Cl)c1. The first-order chi connectivity index (χ1) is 9.06. The fourth-order valence-electron chi connectivity index (χ4n) is 1.84. The van der Waals surface area contributed by atoms with E-state index in [0.717, 1.165) is 26.6 Å². The topological polar surface area (TPSA) is 12.0 Å². The molecule has 4 heteroatoms. The van der Waals surface area contributed by atoms with Gasteiger partial charge in [-0.1, -0.05) is 51.3 Å². The first-order valence-electron chi connectivity index (χ1n) is 5.99. The van der Waals surface area contributed by atoms with Crippen molar-refractivity contribution in [1.82, 2.24) is 5.32 Å². The summed E-state index contributed by atoms with van der Waals surface area (Å²) >= 11 is 15.5. The van der Waals surface area contributed by atoms with E-state index < -0.39 is 0 Å². The molecule has 0 saturated heterocycles. The van der Waals surface area contributed by atoms with Crippen molar-refractivity contribution in [1.29, 1.82) is 0 Å². The molecule has 0 saturated carbocycles. The summed E-state index contributed by atoms with van der Waals surface area (Å²) in [6.07, 6.45) is 0. The molecular weight excluding hydrogens is 345 g/mol. The number of nitrogens with one attached hydrogen (secondary N) is 1. The number of halogens is 3. The van der Waals surface area contributed by atoms with Crippen molar-refractivity contribution < 1.29 is 0 Å². The summed E-state index contributed by atoms with van der Waals surface area (Å²) in [5, 5.41) is 4.97. The van der Waals surface area contributed by atoms with Gasteiger partial charge in [0.1, 0.15) is 0 Å². The molecule has 2 aromatic rings. The normalized spacial score (nSPS) is 12.4. The zero-order chi connectivity index (χ0) is 13.8. The molecule has 1 nitrogen and oxygen atoms in total. The van der Waals surface area contributed by atoms with Crippen molar-refractivity contribution in [2.45, 2.75) is 19.5 Å². The molecule has 0 heterocycles. The molecule has 0 bridgehead atoms. The highest BCUT2D eigenvalue weighted by Gasteiger charge is 2.07. The monoisotopic (exact) mass is 357 g/mol. The molecule has 0 radical (unpaired) electrons. The molecule has 19 heavy (non-hydrogen) atoms. The Balaban J connectivity index is 2.04. The molecule has 0 aliphatic carbocycles. The molecule has 0 fully saturated rings. The lowest BCUT2D eigenvalue weighted by Gasteiger charge is -2.15. The molecule has 2 aromatic carbocycles. The summed E-state index contributed by atoms with van der Waals surface area (Å²) in [6, 6.07) is 13.9. The second kappa shape index (κ2) is 6.76. The molecular formula is C15H14BrCl2N. The molecule has 100 valence electrons. The maximum atomic E-state index is 6.00. The Morgan fingerprint density at radius 3 is 2.58 bits per heavy atom. The van der Waals surface area contributed by atoms with Crippen molar-refractivity contribution >= 4 is 39.1 Å². The Kier molecular flexibility index (Phi) is 5.28. The lowest BCUT2D eigenvalue weighted by molar-refractivity contribution is 0.574. The smallest absolute Gasteiger partial charge is 0.0410 e. The van der Waals surface area contributed by atoms with Crippen LogP contribution in [0.2, 0.25) is 10.0 Å². The van der Waals surface area contributed by atoms with E-state index in [4.69, 9.17) is 23.2 Å². The number of hydrogen-bond acceptors (Lipinski definition) is 1. The van der Waals surface area contributed by atoms with Crippen LogP contribution in [0.1, 0.15) is 24.1 Å². The molecule has 0 aliphatic rings. The van der Waals surface area contributed by atoms with Crippen LogP contribution < -0.4 is 5.32 Å². The maximum absolute atomic E-state index is 6.00. The van der Waals surface area contributed by atoms with Crippen LogP contribution in [0.25, 0.3) is 0 Å². The highest BCUT2D eigenvalue weighted by molar-refractivity contribution is 9.10. The minimum Gasteiger partial charge on any atom is -0.306 e. The highest BCUT2D eigenvalue weighted by Crippen LogP contribution is 2.23. The third-order valence-electron chi connectivity index (χ3n) is 2.96. The van der Waals surface area contributed by atoms with E-state index in [2.05, 4.69) is 34.2 Å². The largest absolute Gasteiger partial charge is 0.306 e. The van der Waals surface area contributed by atoms with Crippen molar-refractivity contribution in [3.63, 3.8) is 0 Å².